The van der Waals surface area contributed by atoms with Crippen LogP contribution in [0.2, 0.25) is 15.1 Å². The highest BCUT2D eigenvalue weighted by Gasteiger charge is 2.07. The smallest absolute Gasteiger partial charge is 0.243 e. The van der Waals surface area contributed by atoms with Gasteiger partial charge in [-0.05, 0) is 36.4 Å². The van der Waals surface area contributed by atoms with E-state index in [9.17, 15) is 9.18 Å². The average molecular weight is 348 g/mol. The van der Waals surface area contributed by atoms with Gasteiger partial charge < -0.3 is 10.6 Å². The predicted octanol–water partition coefficient (Wildman–Crippen LogP) is 4.84. The number of halogens is 4. The van der Waals surface area contributed by atoms with Crippen LogP contribution in [0, 0.1) is 5.82 Å². The molecular formula is C14H10Cl3FN2O. The zero-order valence-electron chi connectivity index (χ0n) is 10.6. The summed E-state index contributed by atoms with van der Waals surface area (Å²) in [5, 5.41) is 6.43. The number of hydrogen-bond acceptors (Lipinski definition) is 2. The van der Waals surface area contributed by atoms with Crippen molar-refractivity contribution in [3.8, 4) is 0 Å². The predicted molar refractivity (Wildman–Crippen MR) is 85.0 cm³/mol. The third-order valence-corrected chi connectivity index (χ3v) is 3.63. The van der Waals surface area contributed by atoms with Crippen molar-refractivity contribution in [1.29, 1.82) is 0 Å². The van der Waals surface area contributed by atoms with Crippen LogP contribution in [0.4, 0.5) is 15.8 Å². The number of anilines is 2. The van der Waals surface area contributed by atoms with Gasteiger partial charge in [0.25, 0.3) is 0 Å². The highest BCUT2D eigenvalue weighted by atomic mass is 35.5. The fourth-order valence-electron chi connectivity index (χ4n) is 1.57. The van der Waals surface area contributed by atoms with Gasteiger partial charge in [-0.1, -0.05) is 34.8 Å². The maximum absolute atomic E-state index is 12.9. The minimum atomic E-state index is -0.466. The Kier molecular flexibility index (Phi) is 5.28. The average Bonchev–Trinajstić information content (AvgIpc) is 2.43. The van der Waals surface area contributed by atoms with Gasteiger partial charge in [-0.2, -0.15) is 0 Å². The summed E-state index contributed by atoms with van der Waals surface area (Å²) in [6.45, 7) is 0.00562. The number of benzene rings is 2. The summed E-state index contributed by atoms with van der Waals surface area (Å²) in [5.41, 5.74) is 1.00. The molecule has 0 saturated heterocycles. The molecule has 7 heteroatoms. The summed E-state index contributed by atoms with van der Waals surface area (Å²) in [6, 6.07) is 8.68. The largest absolute Gasteiger partial charge is 0.376 e. The van der Waals surface area contributed by atoms with Gasteiger partial charge in [-0.25, -0.2) is 4.39 Å². The number of rotatable bonds is 4. The first-order valence-electron chi connectivity index (χ1n) is 5.89. The third kappa shape index (κ3) is 4.49. The van der Waals surface area contributed by atoms with E-state index in [1.54, 1.807) is 18.2 Å². The molecule has 2 N–H and O–H groups in total. The molecule has 0 fully saturated rings. The van der Waals surface area contributed by atoms with E-state index in [0.717, 1.165) is 6.07 Å². The van der Waals surface area contributed by atoms with Crippen LogP contribution in [0.1, 0.15) is 0 Å². The van der Waals surface area contributed by atoms with Gasteiger partial charge in [0.15, 0.2) is 0 Å². The Balaban J connectivity index is 1.94. The lowest BCUT2D eigenvalue weighted by atomic mass is 10.3. The van der Waals surface area contributed by atoms with Gasteiger partial charge in [0.2, 0.25) is 5.91 Å². The van der Waals surface area contributed by atoms with Crippen molar-refractivity contribution in [2.75, 3.05) is 17.2 Å². The normalized spacial score (nSPS) is 10.3. The van der Waals surface area contributed by atoms with Crippen LogP contribution in [0.15, 0.2) is 36.4 Å². The molecule has 21 heavy (non-hydrogen) atoms. The first kappa shape index (κ1) is 15.9. The second-order valence-corrected chi connectivity index (χ2v) is 5.38. The molecule has 0 aliphatic heterocycles. The lowest BCUT2D eigenvalue weighted by molar-refractivity contribution is -0.114. The molecule has 2 aromatic carbocycles. The van der Waals surface area contributed by atoms with Crippen molar-refractivity contribution in [3.05, 3.63) is 57.3 Å². The van der Waals surface area contributed by atoms with E-state index in [1.165, 1.54) is 12.1 Å². The summed E-state index contributed by atoms with van der Waals surface area (Å²) in [5.74, 6) is -0.790. The van der Waals surface area contributed by atoms with E-state index in [-0.39, 0.29) is 17.5 Å². The molecule has 0 aliphatic rings. The first-order valence-corrected chi connectivity index (χ1v) is 7.03. The van der Waals surface area contributed by atoms with E-state index in [0.29, 0.717) is 21.4 Å². The fourth-order valence-corrected chi connectivity index (χ4v) is 2.09. The maximum Gasteiger partial charge on any atom is 0.243 e. The van der Waals surface area contributed by atoms with E-state index in [1.807, 2.05) is 0 Å². The monoisotopic (exact) mass is 346 g/mol. The molecule has 3 nitrogen and oxygen atoms in total. The molecule has 0 heterocycles. The first-order chi connectivity index (χ1) is 9.95. The van der Waals surface area contributed by atoms with Gasteiger partial charge in [0, 0.05) is 5.69 Å². The quantitative estimate of drug-likeness (QED) is 0.831. The summed E-state index contributed by atoms with van der Waals surface area (Å²) < 4.78 is 12.9. The van der Waals surface area contributed by atoms with Crippen LogP contribution in [0.25, 0.3) is 0 Å². The molecule has 0 radical (unpaired) electrons. The SMILES string of the molecule is O=C(CNc1ccc(Cl)c(Cl)c1)Nc1ccc(F)cc1Cl. The minimum Gasteiger partial charge on any atom is -0.376 e. The number of carbonyl (C=O) groups excluding carboxylic acids is 1. The van der Waals surface area contributed by atoms with Crippen LogP contribution in [0.5, 0.6) is 0 Å². The molecule has 0 aromatic heterocycles. The Morgan fingerprint density at radius 2 is 1.76 bits per heavy atom. The van der Waals surface area contributed by atoms with Crippen molar-refractivity contribution in [2.24, 2.45) is 0 Å². The zero-order valence-corrected chi connectivity index (χ0v) is 12.9. The van der Waals surface area contributed by atoms with Crippen LogP contribution < -0.4 is 10.6 Å². The molecular weight excluding hydrogens is 338 g/mol. The van der Waals surface area contributed by atoms with Gasteiger partial charge >= 0.3 is 0 Å². The molecule has 0 spiro atoms. The van der Waals surface area contributed by atoms with Gasteiger partial charge in [0.1, 0.15) is 5.82 Å². The van der Waals surface area contributed by atoms with E-state index in [4.69, 9.17) is 34.8 Å². The van der Waals surface area contributed by atoms with Gasteiger partial charge in [-0.3, -0.25) is 4.79 Å². The topological polar surface area (TPSA) is 41.1 Å². The second-order valence-electron chi connectivity index (χ2n) is 4.15. The third-order valence-electron chi connectivity index (χ3n) is 2.58. The number of amides is 1. The second kappa shape index (κ2) is 6.98. The van der Waals surface area contributed by atoms with Gasteiger partial charge in [-0.15, -0.1) is 0 Å². The Hall–Kier alpha value is -1.49. The van der Waals surface area contributed by atoms with Crippen LogP contribution in [-0.4, -0.2) is 12.5 Å². The number of carbonyl (C=O) groups is 1. The number of nitrogens with one attached hydrogen (secondary N) is 2. The van der Waals surface area contributed by atoms with Crippen LogP contribution in [0.3, 0.4) is 0 Å². The highest BCUT2D eigenvalue weighted by Crippen LogP contribution is 2.25. The van der Waals surface area contributed by atoms with E-state index in [2.05, 4.69) is 10.6 Å². The van der Waals surface area contributed by atoms with Crippen LogP contribution in [-0.2, 0) is 4.79 Å². The van der Waals surface area contributed by atoms with Crippen molar-refractivity contribution >= 4 is 52.1 Å². The summed E-state index contributed by atoms with van der Waals surface area (Å²) in [6.07, 6.45) is 0. The molecule has 2 aromatic rings. The molecule has 110 valence electrons. The molecule has 1 amide bonds. The Labute approximate surface area is 136 Å². The Morgan fingerprint density at radius 3 is 2.43 bits per heavy atom. The van der Waals surface area contributed by atoms with Crippen LogP contribution >= 0.6 is 34.8 Å². The summed E-state index contributed by atoms with van der Waals surface area (Å²) >= 11 is 17.5. The summed E-state index contributed by atoms with van der Waals surface area (Å²) in [7, 11) is 0. The van der Waals surface area contributed by atoms with Gasteiger partial charge in [0.05, 0.1) is 27.3 Å². The minimum absolute atomic E-state index is 0.00562. The molecule has 0 atom stereocenters. The zero-order chi connectivity index (χ0) is 15.4. The molecule has 0 saturated carbocycles. The van der Waals surface area contributed by atoms with E-state index >= 15 is 0 Å². The Bertz CT molecular complexity index is 679. The van der Waals surface area contributed by atoms with Crippen molar-refractivity contribution in [2.45, 2.75) is 0 Å². The lowest BCUT2D eigenvalue weighted by Gasteiger charge is -2.09. The molecule has 0 aliphatic carbocycles. The fraction of sp³-hybridized carbons (Fsp3) is 0.0714. The van der Waals surface area contributed by atoms with Crippen molar-refractivity contribution < 1.29 is 9.18 Å². The molecule has 2 rings (SSSR count). The Morgan fingerprint density at radius 1 is 1.00 bits per heavy atom. The lowest BCUT2D eigenvalue weighted by Crippen LogP contribution is -2.21. The van der Waals surface area contributed by atoms with Crippen molar-refractivity contribution in [1.82, 2.24) is 0 Å². The maximum atomic E-state index is 12.9. The molecule has 0 unspecified atom stereocenters. The van der Waals surface area contributed by atoms with Crippen molar-refractivity contribution in [3.63, 3.8) is 0 Å². The summed E-state index contributed by atoms with van der Waals surface area (Å²) in [4.78, 5) is 11.8. The van der Waals surface area contributed by atoms with E-state index < -0.39 is 5.82 Å². The molecule has 0 bridgehead atoms. The number of hydrogen-bond donors (Lipinski definition) is 2. The standard InChI is InChI=1S/C14H10Cl3FN2O/c15-10-3-2-9(6-11(10)16)19-7-14(21)20-13-4-1-8(18)5-12(13)17/h1-6,19H,7H2,(H,20,21). The highest BCUT2D eigenvalue weighted by molar-refractivity contribution is 6.42.